The molecule has 1 saturated carbocycles. The fourth-order valence-electron chi connectivity index (χ4n) is 3.21. The molecule has 23 heavy (non-hydrogen) atoms. The van der Waals surface area contributed by atoms with E-state index in [2.05, 4.69) is 30.9 Å². The number of esters is 1. The van der Waals surface area contributed by atoms with E-state index >= 15 is 0 Å². The largest absolute Gasteiger partial charge is 0.458 e. The number of aromatic nitrogens is 3. The summed E-state index contributed by atoms with van der Waals surface area (Å²) < 4.78 is 11.8. The van der Waals surface area contributed by atoms with Gasteiger partial charge in [0.2, 0.25) is 0 Å². The number of carbonyl (C=O) groups is 1. The zero-order valence-corrected chi connectivity index (χ0v) is 14.6. The molecule has 0 bridgehead atoms. The molecule has 2 aromatic rings. The lowest BCUT2D eigenvalue weighted by molar-refractivity contribution is -0.0210. The first-order valence-electron chi connectivity index (χ1n) is 7.88. The van der Waals surface area contributed by atoms with Crippen molar-refractivity contribution in [3.8, 4) is 0 Å². The van der Waals surface area contributed by atoms with Crippen LogP contribution in [0.25, 0.3) is 11.0 Å². The van der Waals surface area contributed by atoms with Crippen molar-refractivity contribution in [2.75, 3.05) is 13.7 Å². The molecule has 1 N–H and O–H groups in total. The molecule has 6 nitrogen and oxygen atoms in total. The molecule has 0 aromatic carbocycles. The lowest BCUT2D eigenvalue weighted by atomic mass is 9.85. The summed E-state index contributed by atoms with van der Waals surface area (Å²) in [6.45, 7) is 0.257. The molecule has 0 saturated heterocycles. The second-order valence-electron chi connectivity index (χ2n) is 5.85. The van der Waals surface area contributed by atoms with Crippen LogP contribution in [0.2, 0.25) is 0 Å². The highest BCUT2D eigenvalue weighted by atomic mass is 79.9. The normalized spacial score (nSPS) is 17.3. The summed E-state index contributed by atoms with van der Waals surface area (Å²) in [4.78, 5) is 23.6. The Labute approximate surface area is 143 Å². The molecule has 3 rings (SSSR count). The first-order chi connectivity index (χ1) is 11.2. The van der Waals surface area contributed by atoms with Gasteiger partial charge in [-0.15, -0.1) is 0 Å². The number of nitrogens with one attached hydrogen (secondary N) is 1. The monoisotopic (exact) mass is 381 g/mol. The quantitative estimate of drug-likeness (QED) is 0.802. The van der Waals surface area contributed by atoms with Crippen molar-refractivity contribution >= 4 is 32.9 Å². The summed E-state index contributed by atoms with van der Waals surface area (Å²) in [7, 11) is 1.68. The zero-order valence-electron chi connectivity index (χ0n) is 13.0. The van der Waals surface area contributed by atoms with E-state index in [0.717, 1.165) is 17.3 Å². The number of methoxy groups -OCH3 is 1. The summed E-state index contributed by atoms with van der Waals surface area (Å²) in [6, 6.07) is 0. The third kappa shape index (κ3) is 3.55. The number of aromatic amines is 1. The van der Waals surface area contributed by atoms with Crippen LogP contribution in [0.4, 0.5) is 0 Å². The predicted molar refractivity (Wildman–Crippen MR) is 89.2 cm³/mol. The summed E-state index contributed by atoms with van der Waals surface area (Å²) in [5, 5.41) is 0.643. The highest BCUT2D eigenvalue weighted by Gasteiger charge is 2.26. The summed E-state index contributed by atoms with van der Waals surface area (Å²) in [5.74, 6) is 0.0153. The van der Waals surface area contributed by atoms with Crippen LogP contribution in [0.1, 0.15) is 42.6 Å². The molecule has 1 fully saturated rings. The molecule has 1 unspecified atom stereocenters. The average molecular weight is 382 g/mol. The van der Waals surface area contributed by atoms with Gasteiger partial charge in [0.1, 0.15) is 18.6 Å². The van der Waals surface area contributed by atoms with Gasteiger partial charge in [0.25, 0.3) is 0 Å². The predicted octanol–water partition coefficient (Wildman–Crippen LogP) is 3.47. The highest BCUT2D eigenvalue weighted by molar-refractivity contribution is 9.10. The topological polar surface area (TPSA) is 77.1 Å². The van der Waals surface area contributed by atoms with E-state index in [4.69, 9.17) is 9.47 Å². The molecule has 0 aliphatic heterocycles. The SMILES string of the molecule is COC(COC(=O)c1ncnc2[nH]cc(Br)c12)C1CCCCC1. The number of rotatable bonds is 5. The van der Waals surface area contributed by atoms with Gasteiger partial charge in [-0.2, -0.15) is 0 Å². The van der Waals surface area contributed by atoms with Gasteiger partial charge in [-0.05, 0) is 34.7 Å². The van der Waals surface area contributed by atoms with Crippen LogP contribution in [0.3, 0.4) is 0 Å². The summed E-state index contributed by atoms with van der Waals surface area (Å²) in [5.41, 5.74) is 0.871. The first kappa shape index (κ1) is 16.4. The molecule has 2 aromatic heterocycles. The van der Waals surface area contributed by atoms with Crippen LogP contribution in [-0.2, 0) is 9.47 Å². The fourth-order valence-corrected chi connectivity index (χ4v) is 3.70. The Hall–Kier alpha value is -1.47. The Morgan fingerprint density at radius 2 is 2.17 bits per heavy atom. The molecule has 2 heterocycles. The molecule has 0 amide bonds. The molecule has 0 radical (unpaired) electrons. The van der Waals surface area contributed by atoms with Gasteiger partial charge in [0.15, 0.2) is 5.69 Å². The van der Waals surface area contributed by atoms with Crippen LogP contribution >= 0.6 is 15.9 Å². The van der Waals surface area contributed by atoms with E-state index in [1.807, 2.05) is 0 Å². The lowest BCUT2D eigenvalue weighted by Gasteiger charge is -2.28. The van der Waals surface area contributed by atoms with Gasteiger partial charge in [0, 0.05) is 17.8 Å². The first-order valence-corrected chi connectivity index (χ1v) is 8.67. The van der Waals surface area contributed by atoms with Crippen LogP contribution in [0.5, 0.6) is 0 Å². The Balaban J connectivity index is 1.69. The van der Waals surface area contributed by atoms with Crippen molar-refractivity contribution in [3.63, 3.8) is 0 Å². The van der Waals surface area contributed by atoms with E-state index in [1.54, 1.807) is 13.3 Å². The molecular weight excluding hydrogens is 362 g/mol. The van der Waals surface area contributed by atoms with Gasteiger partial charge in [-0.3, -0.25) is 0 Å². The van der Waals surface area contributed by atoms with Crippen LogP contribution in [-0.4, -0.2) is 40.7 Å². The number of nitrogens with zero attached hydrogens (tertiary/aromatic N) is 2. The summed E-state index contributed by atoms with van der Waals surface area (Å²) >= 11 is 3.40. The second kappa shape index (κ2) is 7.40. The summed E-state index contributed by atoms with van der Waals surface area (Å²) in [6.07, 6.45) is 9.04. The second-order valence-corrected chi connectivity index (χ2v) is 6.71. The van der Waals surface area contributed by atoms with Crippen molar-refractivity contribution < 1.29 is 14.3 Å². The number of hydrogen-bond donors (Lipinski definition) is 1. The van der Waals surface area contributed by atoms with Crippen molar-refractivity contribution in [1.82, 2.24) is 15.0 Å². The van der Waals surface area contributed by atoms with E-state index in [9.17, 15) is 4.79 Å². The van der Waals surface area contributed by atoms with Crippen molar-refractivity contribution in [1.29, 1.82) is 0 Å². The number of carbonyl (C=O) groups excluding carboxylic acids is 1. The van der Waals surface area contributed by atoms with Crippen LogP contribution < -0.4 is 0 Å². The molecule has 1 atom stereocenters. The Morgan fingerprint density at radius 1 is 1.39 bits per heavy atom. The maximum atomic E-state index is 12.4. The molecule has 124 valence electrons. The Bertz CT molecular complexity index is 682. The van der Waals surface area contributed by atoms with Crippen LogP contribution in [0, 0.1) is 5.92 Å². The molecular formula is C16H20BrN3O3. The maximum Gasteiger partial charge on any atom is 0.357 e. The van der Waals surface area contributed by atoms with E-state index in [1.165, 1.54) is 25.6 Å². The molecule has 0 spiro atoms. The maximum absolute atomic E-state index is 12.4. The minimum atomic E-state index is -0.449. The average Bonchev–Trinajstić information content (AvgIpc) is 2.98. The van der Waals surface area contributed by atoms with Crippen molar-refractivity contribution in [2.45, 2.75) is 38.2 Å². The van der Waals surface area contributed by atoms with Crippen molar-refractivity contribution in [2.24, 2.45) is 5.92 Å². The molecule has 1 aliphatic rings. The van der Waals surface area contributed by atoms with Crippen LogP contribution in [0.15, 0.2) is 17.0 Å². The minimum absolute atomic E-state index is 0.0498. The Kier molecular flexibility index (Phi) is 5.27. The van der Waals surface area contributed by atoms with Gasteiger partial charge in [-0.25, -0.2) is 14.8 Å². The Morgan fingerprint density at radius 3 is 2.91 bits per heavy atom. The standard InChI is InChI=1S/C16H20BrN3O3/c1-22-12(10-5-3-2-4-6-10)8-23-16(21)14-13-11(17)7-18-15(13)20-9-19-14/h7,9-10,12H,2-6,8H2,1H3,(H,18,19,20). The zero-order chi connectivity index (χ0) is 16.2. The lowest BCUT2D eigenvalue weighted by Crippen LogP contribution is -2.31. The third-order valence-corrected chi connectivity index (χ3v) is 5.10. The minimum Gasteiger partial charge on any atom is -0.458 e. The fraction of sp³-hybridized carbons (Fsp3) is 0.562. The van der Waals surface area contributed by atoms with Gasteiger partial charge < -0.3 is 14.5 Å². The highest BCUT2D eigenvalue weighted by Crippen LogP contribution is 2.28. The smallest absolute Gasteiger partial charge is 0.357 e. The van der Waals surface area contributed by atoms with Gasteiger partial charge in [0.05, 0.1) is 11.5 Å². The number of halogens is 1. The number of fused-ring (bicyclic) bond motifs is 1. The number of hydrogen-bond acceptors (Lipinski definition) is 5. The van der Waals surface area contributed by atoms with E-state index in [0.29, 0.717) is 17.0 Å². The number of ether oxygens (including phenoxy) is 2. The van der Waals surface area contributed by atoms with Gasteiger partial charge in [-0.1, -0.05) is 19.3 Å². The molecule has 1 aliphatic carbocycles. The van der Waals surface area contributed by atoms with E-state index < -0.39 is 5.97 Å². The number of H-pyrrole nitrogens is 1. The molecule has 7 heteroatoms. The van der Waals surface area contributed by atoms with E-state index in [-0.39, 0.29) is 18.4 Å². The van der Waals surface area contributed by atoms with Gasteiger partial charge >= 0.3 is 5.97 Å². The third-order valence-electron chi connectivity index (χ3n) is 4.47. The van der Waals surface area contributed by atoms with Crippen molar-refractivity contribution in [3.05, 3.63) is 22.7 Å².